The first kappa shape index (κ1) is 17.7. The minimum Gasteiger partial charge on any atom is -0.481 e. The van der Waals surface area contributed by atoms with Crippen molar-refractivity contribution >= 4 is 33.6 Å². The normalized spacial score (nSPS) is 17.0. The van der Waals surface area contributed by atoms with E-state index in [9.17, 15) is 18.0 Å². The number of ether oxygens (including phenoxy) is 1. The summed E-state index contributed by atoms with van der Waals surface area (Å²) in [7, 11) is -2.66. The van der Waals surface area contributed by atoms with E-state index in [1.807, 2.05) is 0 Å². The molecule has 1 aromatic rings. The minimum atomic E-state index is -3.85. The number of aliphatic carboxylic acids is 1. The van der Waals surface area contributed by atoms with E-state index in [1.54, 1.807) is 0 Å². The molecular weight excluding hydrogens is 346 g/mol. The molecule has 1 saturated heterocycles. The molecule has 0 spiro atoms. The monoisotopic (exact) mass is 361 g/mol. The molecule has 23 heavy (non-hydrogen) atoms. The largest absolute Gasteiger partial charge is 0.481 e. The second-order valence-corrected chi connectivity index (χ2v) is 7.56. The number of hydrogen-bond acceptors (Lipinski definition) is 5. The summed E-state index contributed by atoms with van der Waals surface area (Å²) in [5.41, 5.74) is 0.0407. The Balaban J connectivity index is 2.28. The number of hydrogen-bond donors (Lipinski definition) is 1. The van der Waals surface area contributed by atoms with Crippen LogP contribution in [0.4, 0.5) is 0 Å². The summed E-state index contributed by atoms with van der Waals surface area (Å²) < 4.78 is 31.1. The molecule has 0 amide bonds. The summed E-state index contributed by atoms with van der Waals surface area (Å²) >= 11 is 5.89. The second kappa shape index (κ2) is 6.86. The van der Waals surface area contributed by atoms with E-state index >= 15 is 0 Å². The van der Waals surface area contributed by atoms with Gasteiger partial charge in [0.1, 0.15) is 0 Å². The van der Waals surface area contributed by atoms with Gasteiger partial charge >= 0.3 is 11.9 Å². The first-order valence-electron chi connectivity index (χ1n) is 6.87. The summed E-state index contributed by atoms with van der Waals surface area (Å²) in [6.45, 7) is 0.221. The Bertz CT molecular complexity index is 725. The summed E-state index contributed by atoms with van der Waals surface area (Å²) in [6.07, 6.45) is 0.498. The Morgan fingerprint density at radius 1 is 1.26 bits per heavy atom. The lowest BCUT2D eigenvalue weighted by atomic mass is 9.99. The van der Waals surface area contributed by atoms with Crippen LogP contribution >= 0.6 is 11.6 Å². The average molecular weight is 362 g/mol. The molecule has 1 N–H and O–H groups in total. The fourth-order valence-corrected chi connectivity index (χ4v) is 4.28. The van der Waals surface area contributed by atoms with Crippen LogP contribution in [-0.4, -0.2) is 50.0 Å². The molecule has 0 aromatic heterocycles. The number of methoxy groups -OCH3 is 1. The van der Waals surface area contributed by atoms with Crippen molar-refractivity contribution in [3.05, 3.63) is 28.8 Å². The third-order valence-corrected chi connectivity index (χ3v) is 5.83. The van der Waals surface area contributed by atoms with Crippen LogP contribution in [0.25, 0.3) is 0 Å². The number of halogens is 1. The molecule has 0 aliphatic carbocycles. The lowest BCUT2D eigenvalue weighted by molar-refractivity contribution is -0.142. The number of carbonyl (C=O) groups is 2. The number of esters is 1. The van der Waals surface area contributed by atoms with E-state index in [2.05, 4.69) is 4.74 Å². The van der Waals surface area contributed by atoms with Gasteiger partial charge in [-0.3, -0.25) is 4.79 Å². The molecule has 1 aliphatic rings. The van der Waals surface area contributed by atoms with Gasteiger partial charge in [0, 0.05) is 18.1 Å². The number of carboxylic acid groups (broad SMARTS) is 1. The Morgan fingerprint density at radius 3 is 2.39 bits per heavy atom. The highest BCUT2D eigenvalue weighted by Gasteiger charge is 2.32. The lowest BCUT2D eigenvalue weighted by Crippen LogP contribution is -2.40. The maximum absolute atomic E-state index is 12.6. The maximum atomic E-state index is 12.6. The van der Waals surface area contributed by atoms with E-state index in [0.717, 1.165) is 0 Å². The molecule has 2 rings (SSSR count). The summed E-state index contributed by atoms with van der Waals surface area (Å²) in [5.74, 6) is -2.14. The fraction of sp³-hybridized carbons (Fsp3) is 0.429. The van der Waals surface area contributed by atoms with E-state index in [0.29, 0.717) is 0 Å². The minimum absolute atomic E-state index is 0.0407. The van der Waals surface area contributed by atoms with Gasteiger partial charge < -0.3 is 9.84 Å². The highest BCUT2D eigenvalue weighted by Crippen LogP contribution is 2.26. The number of rotatable bonds is 4. The molecule has 1 heterocycles. The van der Waals surface area contributed by atoms with Crippen molar-refractivity contribution in [3.63, 3.8) is 0 Å². The molecule has 9 heteroatoms. The van der Waals surface area contributed by atoms with Crippen LogP contribution < -0.4 is 0 Å². The maximum Gasteiger partial charge on any atom is 0.337 e. The quantitative estimate of drug-likeness (QED) is 0.817. The predicted molar refractivity (Wildman–Crippen MR) is 81.9 cm³/mol. The molecule has 0 saturated carbocycles. The van der Waals surface area contributed by atoms with Crippen LogP contribution in [0.5, 0.6) is 0 Å². The SMILES string of the molecule is COC(=O)c1cc(Cl)cc(S(=O)(=O)N2CCC(C(=O)O)CC2)c1. The van der Waals surface area contributed by atoms with Gasteiger partial charge in [-0.15, -0.1) is 0 Å². The molecular formula is C14H16ClNO6S. The van der Waals surface area contributed by atoms with Crippen molar-refractivity contribution in [1.29, 1.82) is 0 Å². The molecule has 0 radical (unpaired) electrons. The molecule has 126 valence electrons. The van der Waals surface area contributed by atoms with Gasteiger partial charge in [-0.05, 0) is 31.0 Å². The highest BCUT2D eigenvalue weighted by molar-refractivity contribution is 7.89. The van der Waals surface area contributed by atoms with Gasteiger partial charge in [-0.25, -0.2) is 13.2 Å². The lowest BCUT2D eigenvalue weighted by Gasteiger charge is -2.29. The van der Waals surface area contributed by atoms with Gasteiger partial charge in [0.2, 0.25) is 10.0 Å². The Morgan fingerprint density at radius 2 is 1.87 bits per heavy atom. The summed E-state index contributed by atoms with van der Waals surface area (Å²) in [4.78, 5) is 22.4. The molecule has 0 bridgehead atoms. The average Bonchev–Trinajstić information content (AvgIpc) is 2.53. The number of benzene rings is 1. The fourth-order valence-electron chi connectivity index (χ4n) is 2.44. The molecule has 1 aliphatic heterocycles. The van der Waals surface area contributed by atoms with Crippen molar-refractivity contribution in [2.24, 2.45) is 5.92 Å². The van der Waals surface area contributed by atoms with Crippen LogP contribution in [0.2, 0.25) is 5.02 Å². The number of nitrogens with zero attached hydrogens (tertiary/aromatic N) is 1. The number of carboxylic acids is 1. The van der Waals surface area contributed by atoms with Crippen LogP contribution in [-0.2, 0) is 19.6 Å². The van der Waals surface area contributed by atoms with Gasteiger partial charge in [0.05, 0.1) is 23.5 Å². The van der Waals surface area contributed by atoms with E-state index in [4.69, 9.17) is 16.7 Å². The number of sulfonamides is 1. The Hall–Kier alpha value is -1.64. The highest BCUT2D eigenvalue weighted by atomic mass is 35.5. The molecule has 1 aromatic carbocycles. The molecule has 0 atom stereocenters. The van der Waals surface area contributed by atoms with Crippen molar-refractivity contribution in [3.8, 4) is 0 Å². The Labute approximate surface area is 138 Å². The van der Waals surface area contributed by atoms with Crippen LogP contribution in [0, 0.1) is 5.92 Å². The third kappa shape index (κ3) is 3.82. The molecule has 1 fully saturated rings. The zero-order chi connectivity index (χ0) is 17.2. The van der Waals surface area contributed by atoms with E-state index < -0.39 is 27.9 Å². The van der Waals surface area contributed by atoms with Crippen LogP contribution in [0.15, 0.2) is 23.1 Å². The number of carbonyl (C=O) groups excluding carboxylic acids is 1. The number of piperidine rings is 1. The zero-order valence-corrected chi connectivity index (χ0v) is 13.9. The summed E-state index contributed by atoms with van der Waals surface area (Å²) in [5, 5.41) is 9.07. The van der Waals surface area contributed by atoms with Crippen LogP contribution in [0.1, 0.15) is 23.2 Å². The Kier molecular flexibility index (Phi) is 5.28. The van der Waals surface area contributed by atoms with Gasteiger partial charge in [0.25, 0.3) is 0 Å². The van der Waals surface area contributed by atoms with E-state index in [1.165, 1.54) is 29.6 Å². The second-order valence-electron chi connectivity index (χ2n) is 5.18. The van der Waals surface area contributed by atoms with Crippen molar-refractivity contribution < 1.29 is 27.9 Å². The van der Waals surface area contributed by atoms with Crippen molar-refractivity contribution in [2.45, 2.75) is 17.7 Å². The smallest absolute Gasteiger partial charge is 0.337 e. The first-order chi connectivity index (χ1) is 10.8. The van der Waals surface area contributed by atoms with Crippen LogP contribution in [0.3, 0.4) is 0 Å². The van der Waals surface area contributed by atoms with Crippen molar-refractivity contribution in [2.75, 3.05) is 20.2 Å². The zero-order valence-electron chi connectivity index (χ0n) is 12.4. The molecule has 7 nitrogen and oxygen atoms in total. The predicted octanol–water partition coefficient (Wildman–Crippen LogP) is 1.61. The molecule has 0 unspecified atom stereocenters. The summed E-state index contributed by atoms with van der Waals surface area (Å²) in [6, 6.07) is 3.78. The van der Waals surface area contributed by atoms with Gasteiger partial charge in [-0.2, -0.15) is 4.31 Å². The third-order valence-electron chi connectivity index (χ3n) is 3.73. The van der Waals surface area contributed by atoms with E-state index in [-0.39, 0.29) is 41.4 Å². The first-order valence-corrected chi connectivity index (χ1v) is 8.69. The van der Waals surface area contributed by atoms with Gasteiger partial charge in [0.15, 0.2) is 0 Å². The topological polar surface area (TPSA) is 101 Å². The van der Waals surface area contributed by atoms with Gasteiger partial charge in [-0.1, -0.05) is 11.6 Å². The van der Waals surface area contributed by atoms with Crippen molar-refractivity contribution in [1.82, 2.24) is 4.31 Å². The standard InChI is InChI=1S/C14H16ClNO6S/c1-22-14(19)10-6-11(15)8-12(7-10)23(20,21)16-4-2-9(3-5-16)13(17)18/h6-9H,2-5H2,1H3,(H,17,18).